The van der Waals surface area contributed by atoms with Crippen LogP contribution >= 0.6 is 12.2 Å². The molecule has 0 radical (unpaired) electrons. The van der Waals surface area contributed by atoms with Gasteiger partial charge in [0.25, 0.3) is 0 Å². The highest BCUT2D eigenvalue weighted by molar-refractivity contribution is 7.80. The predicted octanol–water partition coefficient (Wildman–Crippen LogP) is 1.86. The Labute approximate surface area is 115 Å². The minimum Gasteiger partial charge on any atom is -0.389 e. The first-order chi connectivity index (χ1) is 8.67. The van der Waals surface area contributed by atoms with Crippen LogP contribution in [0.25, 0.3) is 0 Å². The van der Waals surface area contributed by atoms with Gasteiger partial charge < -0.3 is 16.0 Å². The summed E-state index contributed by atoms with van der Waals surface area (Å²) in [5.74, 6) is 0.833. The Morgan fingerprint density at radius 1 is 1.44 bits per heavy atom. The molecule has 0 bridgehead atoms. The average Bonchev–Trinajstić information content (AvgIpc) is 2.39. The maximum absolute atomic E-state index is 5.58. The lowest BCUT2D eigenvalue weighted by Crippen LogP contribution is -2.25. The summed E-state index contributed by atoms with van der Waals surface area (Å²) >= 11 is 4.94. The first-order valence-corrected chi connectivity index (χ1v) is 6.80. The van der Waals surface area contributed by atoms with Gasteiger partial charge in [0.15, 0.2) is 0 Å². The van der Waals surface area contributed by atoms with Gasteiger partial charge in [-0.2, -0.15) is 0 Å². The van der Waals surface area contributed by atoms with Crippen molar-refractivity contribution in [1.29, 1.82) is 0 Å². The third-order valence-corrected chi connectivity index (χ3v) is 3.13. The number of rotatable bonds is 8. The molecule has 5 heteroatoms. The van der Waals surface area contributed by atoms with Crippen molar-refractivity contribution in [1.82, 2.24) is 9.88 Å². The van der Waals surface area contributed by atoms with Crippen LogP contribution in [-0.4, -0.2) is 41.1 Å². The van der Waals surface area contributed by atoms with E-state index in [0.717, 1.165) is 44.0 Å². The van der Waals surface area contributed by atoms with Crippen LogP contribution in [0.1, 0.15) is 25.8 Å². The molecule has 0 aliphatic carbocycles. The number of thiocarbonyl (C=S) groups is 1. The number of anilines is 1. The van der Waals surface area contributed by atoms with Gasteiger partial charge in [0.05, 0.1) is 0 Å². The largest absolute Gasteiger partial charge is 0.389 e. The van der Waals surface area contributed by atoms with Crippen molar-refractivity contribution >= 4 is 23.0 Å². The molecule has 1 aromatic heterocycles. The van der Waals surface area contributed by atoms with Gasteiger partial charge in [0, 0.05) is 18.3 Å². The van der Waals surface area contributed by atoms with Crippen molar-refractivity contribution in [2.24, 2.45) is 5.73 Å². The van der Waals surface area contributed by atoms with Crippen LogP contribution < -0.4 is 11.1 Å². The second-order valence-electron chi connectivity index (χ2n) is 4.10. The zero-order valence-electron chi connectivity index (χ0n) is 11.1. The molecule has 18 heavy (non-hydrogen) atoms. The number of aromatic nitrogens is 1. The Morgan fingerprint density at radius 2 is 2.17 bits per heavy atom. The van der Waals surface area contributed by atoms with Gasteiger partial charge in [-0.1, -0.05) is 26.1 Å². The number of nitrogens with one attached hydrogen (secondary N) is 1. The zero-order chi connectivity index (χ0) is 13.4. The molecular formula is C13H22N4S. The molecule has 1 rings (SSSR count). The lowest BCUT2D eigenvalue weighted by molar-refractivity contribution is 0.303. The smallest absolute Gasteiger partial charge is 0.126 e. The van der Waals surface area contributed by atoms with E-state index in [2.05, 4.69) is 29.0 Å². The van der Waals surface area contributed by atoms with Gasteiger partial charge in [-0.15, -0.1) is 0 Å². The fraction of sp³-hybridized carbons (Fsp3) is 0.538. The number of pyridine rings is 1. The van der Waals surface area contributed by atoms with Gasteiger partial charge in [-0.3, -0.25) is 0 Å². The summed E-state index contributed by atoms with van der Waals surface area (Å²) < 4.78 is 0. The predicted molar refractivity (Wildman–Crippen MR) is 81.0 cm³/mol. The quantitative estimate of drug-likeness (QED) is 0.555. The summed E-state index contributed by atoms with van der Waals surface area (Å²) in [6.07, 6.45) is 2.82. The molecular weight excluding hydrogens is 244 g/mol. The average molecular weight is 266 g/mol. The lowest BCUT2D eigenvalue weighted by Gasteiger charge is -2.17. The van der Waals surface area contributed by atoms with Crippen LogP contribution in [0.3, 0.4) is 0 Å². The molecule has 1 heterocycles. The van der Waals surface area contributed by atoms with E-state index in [4.69, 9.17) is 18.0 Å². The van der Waals surface area contributed by atoms with Crippen LogP contribution in [0.15, 0.2) is 18.3 Å². The van der Waals surface area contributed by atoms with Crippen molar-refractivity contribution in [3.63, 3.8) is 0 Å². The SMILES string of the molecule is CCN(CC)CCCNc1cc(C(N)=S)ccn1. The van der Waals surface area contributed by atoms with E-state index in [-0.39, 0.29) is 0 Å². The molecule has 0 amide bonds. The highest BCUT2D eigenvalue weighted by atomic mass is 32.1. The molecule has 0 atom stereocenters. The fourth-order valence-corrected chi connectivity index (χ4v) is 1.87. The van der Waals surface area contributed by atoms with Crippen molar-refractivity contribution in [3.8, 4) is 0 Å². The van der Waals surface area contributed by atoms with E-state index < -0.39 is 0 Å². The zero-order valence-corrected chi connectivity index (χ0v) is 12.0. The Kier molecular flexibility index (Phi) is 6.60. The standard InChI is InChI=1S/C13H22N4S/c1-3-17(4-2)9-5-7-15-12-10-11(13(14)18)6-8-16-12/h6,8,10H,3-5,7,9H2,1-2H3,(H2,14,18)(H,15,16). The molecule has 4 nitrogen and oxygen atoms in total. The van der Waals surface area contributed by atoms with Crippen molar-refractivity contribution in [2.75, 3.05) is 31.5 Å². The third-order valence-electron chi connectivity index (χ3n) is 2.90. The van der Waals surface area contributed by atoms with Crippen molar-refractivity contribution in [3.05, 3.63) is 23.9 Å². The number of nitrogens with two attached hydrogens (primary N) is 1. The second kappa shape index (κ2) is 8.00. The van der Waals surface area contributed by atoms with Crippen LogP contribution in [0.5, 0.6) is 0 Å². The summed E-state index contributed by atoms with van der Waals surface area (Å²) in [5.41, 5.74) is 6.44. The van der Waals surface area contributed by atoms with E-state index in [9.17, 15) is 0 Å². The molecule has 1 aromatic rings. The van der Waals surface area contributed by atoms with Crippen LogP contribution in [0, 0.1) is 0 Å². The molecule has 0 fully saturated rings. The molecule has 0 spiro atoms. The van der Waals surface area contributed by atoms with E-state index in [1.807, 2.05) is 12.1 Å². The summed E-state index contributed by atoms with van der Waals surface area (Å²) in [6, 6.07) is 3.71. The van der Waals surface area contributed by atoms with Gasteiger partial charge in [0.1, 0.15) is 10.8 Å². The first kappa shape index (κ1) is 14.9. The van der Waals surface area contributed by atoms with Gasteiger partial charge >= 0.3 is 0 Å². The Balaban J connectivity index is 2.35. The Bertz CT molecular complexity index is 377. The van der Waals surface area contributed by atoms with Gasteiger partial charge in [0.2, 0.25) is 0 Å². The summed E-state index contributed by atoms with van der Waals surface area (Å²) in [6.45, 7) is 8.59. The maximum atomic E-state index is 5.58. The molecule has 0 saturated carbocycles. The maximum Gasteiger partial charge on any atom is 0.126 e. The summed E-state index contributed by atoms with van der Waals surface area (Å²) in [5, 5.41) is 3.29. The first-order valence-electron chi connectivity index (χ1n) is 6.39. The highest BCUT2D eigenvalue weighted by Gasteiger charge is 2.00. The minimum atomic E-state index is 0.406. The molecule has 0 saturated heterocycles. The van der Waals surface area contributed by atoms with Gasteiger partial charge in [-0.05, 0) is 38.2 Å². The lowest BCUT2D eigenvalue weighted by atomic mass is 10.2. The van der Waals surface area contributed by atoms with E-state index in [1.54, 1.807) is 6.20 Å². The number of hydrogen-bond donors (Lipinski definition) is 2. The normalized spacial score (nSPS) is 10.6. The fourth-order valence-electron chi connectivity index (χ4n) is 1.74. The molecule has 0 aliphatic rings. The van der Waals surface area contributed by atoms with Crippen LogP contribution in [0.4, 0.5) is 5.82 Å². The molecule has 0 unspecified atom stereocenters. The van der Waals surface area contributed by atoms with Gasteiger partial charge in [-0.25, -0.2) is 4.98 Å². The third kappa shape index (κ3) is 4.98. The van der Waals surface area contributed by atoms with Crippen molar-refractivity contribution in [2.45, 2.75) is 20.3 Å². The molecule has 0 aliphatic heterocycles. The minimum absolute atomic E-state index is 0.406. The molecule has 0 aromatic carbocycles. The number of nitrogens with zero attached hydrogens (tertiary/aromatic N) is 2. The second-order valence-corrected chi connectivity index (χ2v) is 4.54. The van der Waals surface area contributed by atoms with Crippen molar-refractivity contribution < 1.29 is 0 Å². The summed E-state index contributed by atoms with van der Waals surface area (Å²) in [4.78, 5) is 7.05. The monoisotopic (exact) mass is 266 g/mol. The Hall–Kier alpha value is -1.20. The van der Waals surface area contributed by atoms with E-state index in [1.165, 1.54) is 0 Å². The topological polar surface area (TPSA) is 54.2 Å². The van der Waals surface area contributed by atoms with Crippen LogP contribution in [0.2, 0.25) is 0 Å². The molecule has 3 N–H and O–H groups in total. The number of hydrogen-bond acceptors (Lipinski definition) is 4. The summed E-state index contributed by atoms with van der Waals surface area (Å²) in [7, 11) is 0. The molecule has 100 valence electrons. The highest BCUT2D eigenvalue weighted by Crippen LogP contribution is 2.06. The van der Waals surface area contributed by atoms with Crippen LogP contribution in [-0.2, 0) is 0 Å². The van der Waals surface area contributed by atoms with E-state index in [0.29, 0.717) is 4.99 Å². The Morgan fingerprint density at radius 3 is 2.78 bits per heavy atom. The van der Waals surface area contributed by atoms with E-state index >= 15 is 0 Å².